The molecule has 0 bridgehead atoms. The predicted molar refractivity (Wildman–Crippen MR) is 97.6 cm³/mol. The maximum atomic E-state index is 12.4. The number of pyridine rings is 2. The highest BCUT2D eigenvalue weighted by Crippen LogP contribution is 2.23. The summed E-state index contributed by atoms with van der Waals surface area (Å²) >= 11 is 0. The molecule has 0 unspecified atom stereocenters. The second-order valence-electron chi connectivity index (χ2n) is 5.99. The highest BCUT2D eigenvalue weighted by atomic mass is 16.1. The van der Waals surface area contributed by atoms with Crippen molar-refractivity contribution in [2.75, 3.05) is 16.8 Å². The van der Waals surface area contributed by atoms with Crippen LogP contribution in [0.15, 0.2) is 66.9 Å². The zero-order valence-corrected chi connectivity index (χ0v) is 13.7. The van der Waals surface area contributed by atoms with Crippen molar-refractivity contribution in [1.29, 1.82) is 0 Å². The van der Waals surface area contributed by atoms with Crippen LogP contribution >= 0.6 is 0 Å². The van der Waals surface area contributed by atoms with E-state index < -0.39 is 0 Å². The normalized spacial score (nSPS) is 13.2. The van der Waals surface area contributed by atoms with Crippen molar-refractivity contribution in [1.82, 2.24) is 9.97 Å². The van der Waals surface area contributed by atoms with Crippen LogP contribution in [0.5, 0.6) is 0 Å². The average molecular weight is 330 g/mol. The van der Waals surface area contributed by atoms with Crippen LogP contribution < -0.4 is 10.2 Å². The van der Waals surface area contributed by atoms with Gasteiger partial charge in [-0.15, -0.1) is 0 Å². The quantitative estimate of drug-likeness (QED) is 0.800. The Kier molecular flexibility index (Phi) is 4.12. The van der Waals surface area contributed by atoms with Gasteiger partial charge in [-0.05, 0) is 41.8 Å². The molecule has 1 aliphatic rings. The standard InChI is InChI=1S/C20H18N4O/c25-20(23-18-9-3-4-12-21-18)17-8-5-10-19(22-17)24-13-11-15-6-1-2-7-16(15)14-24/h1-10,12H,11,13-14H2,(H,21,23,25). The predicted octanol–water partition coefficient (Wildman–Crippen LogP) is 3.29. The van der Waals surface area contributed by atoms with Gasteiger partial charge in [0.15, 0.2) is 0 Å². The van der Waals surface area contributed by atoms with Gasteiger partial charge in [0.25, 0.3) is 5.91 Å². The van der Waals surface area contributed by atoms with Crippen LogP contribution in [-0.4, -0.2) is 22.4 Å². The van der Waals surface area contributed by atoms with Gasteiger partial charge in [0.05, 0.1) is 0 Å². The summed E-state index contributed by atoms with van der Waals surface area (Å²) in [6.07, 6.45) is 2.63. The van der Waals surface area contributed by atoms with Gasteiger partial charge in [-0.2, -0.15) is 0 Å². The summed E-state index contributed by atoms with van der Waals surface area (Å²) in [5.74, 6) is 1.09. The summed E-state index contributed by atoms with van der Waals surface area (Å²) in [5.41, 5.74) is 3.10. The summed E-state index contributed by atoms with van der Waals surface area (Å²) in [6.45, 7) is 1.71. The van der Waals surface area contributed by atoms with Crippen molar-refractivity contribution in [3.63, 3.8) is 0 Å². The minimum atomic E-state index is -0.252. The van der Waals surface area contributed by atoms with Gasteiger partial charge in [0.2, 0.25) is 0 Å². The minimum absolute atomic E-state index is 0.252. The summed E-state index contributed by atoms with van der Waals surface area (Å²) in [7, 11) is 0. The Balaban J connectivity index is 1.53. The van der Waals surface area contributed by atoms with E-state index >= 15 is 0 Å². The highest BCUT2D eigenvalue weighted by molar-refractivity contribution is 6.02. The molecule has 1 amide bonds. The number of aromatic nitrogens is 2. The molecule has 0 spiro atoms. The van der Waals surface area contributed by atoms with Crippen molar-refractivity contribution in [3.8, 4) is 0 Å². The lowest BCUT2D eigenvalue weighted by Crippen LogP contribution is -2.31. The number of nitrogens with zero attached hydrogens (tertiary/aromatic N) is 3. The van der Waals surface area contributed by atoms with E-state index in [1.807, 2.05) is 24.3 Å². The molecule has 0 aliphatic carbocycles. The lowest BCUT2D eigenvalue weighted by molar-refractivity contribution is 0.102. The Morgan fingerprint density at radius 3 is 2.64 bits per heavy atom. The fraction of sp³-hybridized carbons (Fsp3) is 0.150. The minimum Gasteiger partial charge on any atom is -0.352 e. The topological polar surface area (TPSA) is 58.1 Å². The van der Waals surface area contributed by atoms with Gasteiger partial charge in [-0.25, -0.2) is 9.97 Å². The highest BCUT2D eigenvalue weighted by Gasteiger charge is 2.18. The monoisotopic (exact) mass is 330 g/mol. The van der Waals surface area contributed by atoms with Gasteiger partial charge in [0.1, 0.15) is 17.3 Å². The molecule has 25 heavy (non-hydrogen) atoms. The zero-order valence-electron chi connectivity index (χ0n) is 13.7. The van der Waals surface area contributed by atoms with Crippen molar-refractivity contribution in [3.05, 3.63) is 83.7 Å². The Morgan fingerprint density at radius 2 is 1.80 bits per heavy atom. The van der Waals surface area contributed by atoms with Gasteiger partial charge < -0.3 is 10.2 Å². The number of fused-ring (bicyclic) bond motifs is 1. The number of rotatable bonds is 3. The summed E-state index contributed by atoms with van der Waals surface area (Å²) in [5, 5.41) is 2.77. The molecule has 0 saturated heterocycles. The lowest BCUT2D eigenvalue weighted by Gasteiger charge is -2.29. The molecule has 0 saturated carbocycles. The summed E-state index contributed by atoms with van der Waals surface area (Å²) in [6, 6.07) is 19.4. The van der Waals surface area contributed by atoms with E-state index in [1.165, 1.54) is 11.1 Å². The largest absolute Gasteiger partial charge is 0.352 e. The lowest BCUT2D eigenvalue weighted by atomic mass is 10.00. The number of benzene rings is 1. The van der Waals surface area contributed by atoms with Crippen LogP contribution in [0.3, 0.4) is 0 Å². The molecule has 124 valence electrons. The molecular weight excluding hydrogens is 312 g/mol. The molecule has 2 aromatic heterocycles. The average Bonchev–Trinajstić information content (AvgIpc) is 2.68. The molecule has 0 atom stereocenters. The van der Waals surface area contributed by atoms with Gasteiger partial charge in [0, 0.05) is 19.3 Å². The van der Waals surface area contributed by atoms with Crippen LogP contribution in [0.2, 0.25) is 0 Å². The second-order valence-corrected chi connectivity index (χ2v) is 5.99. The first-order valence-electron chi connectivity index (χ1n) is 8.31. The van der Waals surface area contributed by atoms with Crippen LogP contribution in [0.4, 0.5) is 11.6 Å². The molecule has 1 aromatic carbocycles. The zero-order chi connectivity index (χ0) is 17.1. The van der Waals surface area contributed by atoms with Crippen LogP contribution in [-0.2, 0) is 13.0 Å². The van der Waals surface area contributed by atoms with Gasteiger partial charge in [-0.1, -0.05) is 36.4 Å². The molecule has 0 fully saturated rings. The molecule has 5 nitrogen and oxygen atoms in total. The Labute approximate surface area is 146 Å². The smallest absolute Gasteiger partial charge is 0.275 e. The van der Waals surface area contributed by atoms with Crippen molar-refractivity contribution in [2.24, 2.45) is 0 Å². The van der Waals surface area contributed by atoms with E-state index in [-0.39, 0.29) is 5.91 Å². The van der Waals surface area contributed by atoms with E-state index in [2.05, 4.69) is 44.5 Å². The first kappa shape index (κ1) is 15.3. The van der Waals surface area contributed by atoms with Crippen LogP contribution in [0.1, 0.15) is 21.6 Å². The SMILES string of the molecule is O=C(Nc1ccccn1)c1cccc(N2CCc3ccccc3C2)n1. The number of amides is 1. The Bertz CT molecular complexity index is 895. The maximum Gasteiger partial charge on any atom is 0.275 e. The molecule has 3 aromatic rings. The van der Waals surface area contributed by atoms with Crippen molar-refractivity contribution in [2.45, 2.75) is 13.0 Å². The van der Waals surface area contributed by atoms with Crippen LogP contribution in [0, 0.1) is 0 Å². The van der Waals surface area contributed by atoms with E-state index in [4.69, 9.17) is 0 Å². The third-order valence-corrected chi connectivity index (χ3v) is 4.33. The van der Waals surface area contributed by atoms with E-state index in [9.17, 15) is 4.79 Å². The van der Waals surface area contributed by atoms with E-state index in [0.717, 1.165) is 25.3 Å². The number of carbonyl (C=O) groups excluding carboxylic acids is 1. The third kappa shape index (κ3) is 3.35. The number of nitrogens with one attached hydrogen (secondary N) is 1. The first-order chi connectivity index (χ1) is 12.3. The second kappa shape index (κ2) is 6.73. The number of carbonyl (C=O) groups is 1. The molecular formula is C20H18N4O. The molecule has 0 radical (unpaired) electrons. The number of hydrogen-bond acceptors (Lipinski definition) is 4. The van der Waals surface area contributed by atoms with E-state index in [1.54, 1.807) is 18.3 Å². The molecule has 5 heteroatoms. The van der Waals surface area contributed by atoms with Crippen molar-refractivity contribution >= 4 is 17.5 Å². The number of anilines is 2. The Hall–Kier alpha value is -3.21. The Morgan fingerprint density at radius 1 is 0.960 bits per heavy atom. The fourth-order valence-electron chi connectivity index (χ4n) is 3.03. The molecule has 1 N–H and O–H groups in total. The summed E-state index contributed by atoms with van der Waals surface area (Å²) < 4.78 is 0. The molecule has 4 rings (SSSR count). The fourth-order valence-corrected chi connectivity index (χ4v) is 3.03. The van der Waals surface area contributed by atoms with Crippen molar-refractivity contribution < 1.29 is 4.79 Å². The third-order valence-electron chi connectivity index (χ3n) is 4.33. The van der Waals surface area contributed by atoms with Gasteiger partial charge >= 0.3 is 0 Å². The first-order valence-corrected chi connectivity index (χ1v) is 8.31. The van der Waals surface area contributed by atoms with E-state index in [0.29, 0.717) is 11.5 Å². The summed E-state index contributed by atoms with van der Waals surface area (Å²) in [4.78, 5) is 23.3. The van der Waals surface area contributed by atoms with Gasteiger partial charge in [-0.3, -0.25) is 4.79 Å². The van der Waals surface area contributed by atoms with Crippen LogP contribution in [0.25, 0.3) is 0 Å². The maximum absolute atomic E-state index is 12.4. The molecule has 3 heterocycles. The number of hydrogen-bond donors (Lipinski definition) is 1. The molecule has 1 aliphatic heterocycles.